The zero-order chi connectivity index (χ0) is 16.1. The predicted molar refractivity (Wildman–Crippen MR) is 87.4 cm³/mol. The second-order valence-corrected chi connectivity index (χ2v) is 6.02. The predicted octanol–water partition coefficient (Wildman–Crippen LogP) is 1.31. The van der Waals surface area contributed by atoms with Crippen molar-refractivity contribution in [1.82, 2.24) is 9.88 Å². The fraction of sp³-hybridized carbons (Fsp3) is 0.647. The highest BCUT2D eigenvalue weighted by atomic mass is 16.5. The molecule has 0 unspecified atom stereocenters. The number of carbonyl (C=O) groups is 1. The summed E-state index contributed by atoms with van der Waals surface area (Å²) in [6.07, 6.45) is 4.99. The first-order valence-electron chi connectivity index (χ1n) is 8.45. The molecule has 1 amide bonds. The molecule has 23 heavy (non-hydrogen) atoms. The van der Waals surface area contributed by atoms with E-state index in [1.54, 1.807) is 17.3 Å². The number of rotatable bonds is 5. The highest BCUT2D eigenvalue weighted by molar-refractivity contribution is 5.96. The number of ether oxygens (including phenoxy) is 2. The summed E-state index contributed by atoms with van der Waals surface area (Å²) in [5.74, 6) is 0.0585. The molecular weight excluding hydrogens is 294 g/mol. The van der Waals surface area contributed by atoms with Crippen molar-refractivity contribution in [2.45, 2.75) is 32.0 Å². The van der Waals surface area contributed by atoms with Crippen molar-refractivity contribution < 1.29 is 14.3 Å². The Morgan fingerprint density at radius 3 is 2.74 bits per heavy atom. The zero-order valence-electron chi connectivity index (χ0n) is 13.7. The molecule has 2 atom stereocenters. The lowest BCUT2D eigenvalue weighted by atomic mass is 10.1. The molecule has 3 rings (SSSR count). The van der Waals surface area contributed by atoms with Crippen LogP contribution in [0.4, 0.5) is 5.69 Å². The van der Waals surface area contributed by atoms with Crippen molar-refractivity contribution >= 4 is 11.6 Å². The van der Waals surface area contributed by atoms with E-state index in [0.29, 0.717) is 6.54 Å². The summed E-state index contributed by atoms with van der Waals surface area (Å²) in [7, 11) is 0. The van der Waals surface area contributed by atoms with Crippen molar-refractivity contribution in [1.29, 1.82) is 0 Å². The number of anilines is 1. The average Bonchev–Trinajstić information content (AvgIpc) is 3.06. The van der Waals surface area contributed by atoms with Gasteiger partial charge in [-0.25, -0.2) is 0 Å². The molecule has 0 aliphatic carbocycles. The molecule has 2 aliphatic rings. The molecule has 0 N–H and O–H groups in total. The maximum absolute atomic E-state index is 12.8. The van der Waals surface area contributed by atoms with Gasteiger partial charge in [-0.05, 0) is 31.9 Å². The Hall–Kier alpha value is -1.50. The SMILES string of the molecule is CCN(C(=O)[C@@H]1CC[C@H](CN2CCOCC2)O1)c1ccncc1. The van der Waals surface area contributed by atoms with E-state index in [-0.39, 0.29) is 18.1 Å². The maximum Gasteiger partial charge on any atom is 0.256 e. The van der Waals surface area contributed by atoms with Crippen molar-refractivity contribution in [2.75, 3.05) is 44.3 Å². The summed E-state index contributed by atoms with van der Waals surface area (Å²) >= 11 is 0. The molecular formula is C17H25N3O3. The number of amides is 1. The third kappa shape index (κ3) is 4.07. The molecule has 1 aromatic heterocycles. The topological polar surface area (TPSA) is 54.9 Å². The average molecular weight is 319 g/mol. The fourth-order valence-corrected chi connectivity index (χ4v) is 3.26. The maximum atomic E-state index is 12.8. The Morgan fingerprint density at radius 2 is 2.04 bits per heavy atom. The lowest BCUT2D eigenvalue weighted by Gasteiger charge is -2.29. The number of hydrogen-bond donors (Lipinski definition) is 0. The van der Waals surface area contributed by atoms with Gasteiger partial charge in [-0.2, -0.15) is 0 Å². The quantitative estimate of drug-likeness (QED) is 0.819. The molecule has 2 fully saturated rings. The zero-order valence-corrected chi connectivity index (χ0v) is 13.7. The van der Waals surface area contributed by atoms with E-state index in [0.717, 1.165) is 51.4 Å². The smallest absolute Gasteiger partial charge is 0.256 e. The van der Waals surface area contributed by atoms with Crippen LogP contribution >= 0.6 is 0 Å². The lowest BCUT2D eigenvalue weighted by molar-refractivity contribution is -0.129. The highest BCUT2D eigenvalue weighted by Gasteiger charge is 2.34. The Bertz CT molecular complexity index is 505. The Labute approximate surface area is 137 Å². The van der Waals surface area contributed by atoms with E-state index in [9.17, 15) is 4.79 Å². The number of nitrogens with zero attached hydrogens (tertiary/aromatic N) is 3. The molecule has 126 valence electrons. The minimum atomic E-state index is -0.325. The Balaban J connectivity index is 1.56. The molecule has 0 radical (unpaired) electrons. The molecule has 3 heterocycles. The van der Waals surface area contributed by atoms with Crippen LogP contribution in [0, 0.1) is 0 Å². The van der Waals surface area contributed by atoms with Crippen LogP contribution in [0.1, 0.15) is 19.8 Å². The lowest BCUT2D eigenvalue weighted by Crippen LogP contribution is -2.42. The normalized spacial score (nSPS) is 25.4. The van der Waals surface area contributed by atoms with Crippen LogP contribution in [0.2, 0.25) is 0 Å². The summed E-state index contributed by atoms with van der Waals surface area (Å²) in [6.45, 7) is 7.01. The first kappa shape index (κ1) is 16.4. The van der Waals surface area contributed by atoms with E-state index in [4.69, 9.17) is 9.47 Å². The number of morpholine rings is 1. The van der Waals surface area contributed by atoms with E-state index in [2.05, 4.69) is 9.88 Å². The van der Waals surface area contributed by atoms with Crippen molar-refractivity contribution in [3.05, 3.63) is 24.5 Å². The number of likely N-dealkylation sites (N-methyl/N-ethyl adjacent to an activating group) is 1. The third-order valence-corrected chi connectivity index (χ3v) is 4.51. The number of carbonyl (C=O) groups excluding carboxylic acids is 1. The van der Waals surface area contributed by atoms with Crippen molar-refractivity contribution in [3.8, 4) is 0 Å². The second kappa shape index (κ2) is 7.86. The van der Waals surface area contributed by atoms with Gasteiger partial charge in [-0.15, -0.1) is 0 Å². The van der Waals surface area contributed by atoms with Crippen LogP contribution in [0.25, 0.3) is 0 Å². The first-order chi connectivity index (χ1) is 11.3. The molecule has 1 aromatic rings. The van der Waals surface area contributed by atoms with Crippen LogP contribution in [0.3, 0.4) is 0 Å². The van der Waals surface area contributed by atoms with E-state index in [1.807, 2.05) is 19.1 Å². The molecule has 0 bridgehead atoms. The van der Waals surface area contributed by atoms with Gasteiger partial charge < -0.3 is 14.4 Å². The molecule has 0 spiro atoms. The third-order valence-electron chi connectivity index (χ3n) is 4.51. The summed E-state index contributed by atoms with van der Waals surface area (Å²) in [4.78, 5) is 20.9. The number of hydrogen-bond acceptors (Lipinski definition) is 5. The summed E-state index contributed by atoms with van der Waals surface area (Å²) in [5, 5.41) is 0. The van der Waals surface area contributed by atoms with Gasteiger partial charge in [-0.3, -0.25) is 14.7 Å². The van der Waals surface area contributed by atoms with Crippen molar-refractivity contribution in [2.24, 2.45) is 0 Å². The van der Waals surface area contributed by atoms with Crippen molar-refractivity contribution in [3.63, 3.8) is 0 Å². The van der Waals surface area contributed by atoms with Gasteiger partial charge in [0.2, 0.25) is 0 Å². The fourth-order valence-electron chi connectivity index (χ4n) is 3.26. The molecule has 6 nitrogen and oxygen atoms in total. The minimum Gasteiger partial charge on any atom is -0.379 e. The monoisotopic (exact) mass is 319 g/mol. The minimum absolute atomic E-state index is 0.0585. The van der Waals surface area contributed by atoms with Gasteiger partial charge >= 0.3 is 0 Å². The molecule has 0 aromatic carbocycles. The number of aromatic nitrogens is 1. The van der Waals surface area contributed by atoms with Gasteiger partial charge in [0.25, 0.3) is 5.91 Å². The van der Waals surface area contributed by atoms with Crippen LogP contribution in [-0.2, 0) is 14.3 Å². The first-order valence-corrected chi connectivity index (χ1v) is 8.45. The van der Waals surface area contributed by atoms with E-state index in [1.165, 1.54) is 0 Å². The van der Waals surface area contributed by atoms with E-state index < -0.39 is 0 Å². The van der Waals surface area contributed by atoms with Gasteiger partial charge in [0.1, 0.15) is 6.10 Å². The van der Waals surface area contributed by atoms with Crippen LogP contribution < -0.4 is 4.90 Å². The van der Waals surface area contributed by atoms with Gasteiger partial charge in [0.15, 0.2) is 0 Å². The van der Waals surface area contributed by atoms with Crippen LogP contribution in [0.5, 0.6) is 0 Å². The second-order valence-electron chi connectivity index (χ2n) is 6.02. The van der Waals surface area contributed by atoms with Gasteiger partial charge in [0.05, 0.1) is 19.3 Å². The molecule has 6 heteroatoms. The number of pyridine rings is 1. The van der Waals surface area contributed by atoms with Gasteiger partial charge in [0, 0.05) is 44.3 Å². The Kier molecular flexibility index (Phi) is 5.59. The molecule has 2 aliphatic heterocycles. The van der Waals surface area contributed by atoms with Gasteiger partial charge in [-0.1, -0.05) is 0 Å². The molecule has 2 saturated heterocycles. The summed E-state index contributed by atoms with van der Waals surface area (Å²) in [5.41, 5.74) is 0.882. The van der Waals surface area contributed by atoms with E-state index >= 15 is 0 Å². The van der Waals surface area contributed by atoms with Crippen LogP contribution in [0.15, 0.2) is 24.5 Å². The summed E-state index contributed by atoms with van der Waals surface area (Å²) < 4.78 is 11.4. The van der Waals surface area contributed by atoms with Crippen LogP contribution in [-0.4, -0.2) is 67.4 Å². The highest BCUT2D eigenvalue weighted by Crippen LogP contribution is 2.24. The standard InChI is InChI=1S/C17H25N3O3/c1-2-20(14-5-7-18-8-6-14)17(21)16-4-3-15(23-16)13-19-9-11-22-12-10-19/h5-8,15-16H,2-4,9-13H2,1H3/t15-,16+/m1/s1. The molecule has 0 saturated carbocycles. The Morgan fingerprint density at radius 1 is 1.30 bits per heavy atom. The summed E-state index contributed by atoms with van der Waals surface area (Å²) in [6, 6.07) is 3.73. The largest absolute Gasteiger partial charge is 0.379 e.